The minimum Gasteiger partial charge on any atom is -0.255 e. The lowest BCUT2D eigenvalue weighted by atomic mass is 9.88. The number of fused-ring (bicyclic) bond motifs is 6. The molecule has 0 atom stereocenters. The van der Waals surface area contributed by atoms with E-state index < -0.39 is 0 Å². The summed E-state index contributed by atoms with van der Waals surface area (Å²) in [6.45, 7) is 0. The van der Waals surface area contributed by atoms with Crippen molar-refractivity contribution in [2.24, 2.45) is 0 Å². The second kappa shape index (κ2) is 7.40. The molecule has 0 unspecified atom stereocenters. The van der Waals surface area contributed by atoms with Crippen LogP contribution >= 0.6 is 11.3 Å². The Morgan fingerprint density at radius 2 is 1.45 bits per heavy atom. The Labute approximate surface area is 197 Å². The van der Waals surface area contributed by atoms with Crippen LogP contribution in [0, 0.1) is 0 Å². The van der Waals surface area contributed by atoms with Gasteiger partial charge >= 0.3 is 0 Å². The molecule has 33 heavy (non-hydrogen) atoms. The molecule has 0 aliphatic heterocycles. The lowest BCUT2D eigenvalue weighted by Crippen LogP contribution is -2.00. The zero-order chi connectivity index (χ0) is 21.8. The molecule has 0 saturated heterocycles. The summed E-state index contributed by atoms with van der Waals surface area (Å²) < 4.78 is 1.30. The van der Waals surface area contributed by atoms with Crippen LogP contribution in [0.25, 0.3) is 54.4 Å². The van der Waals surface area contributed by atoms with E-state index in [0.29, 0.717) is 0 Å². The SMILES string of the molecule is c1ccc(-c2cc(-c3nccc4c5c(sc34)CCc3ccccc3-5)cc3ccccc23)cc1. The largest absolute Gasteiger partial charge is 0.255 e. The third-order valence-electron chi connectivity index (χ3n) is 6.81. The number of benzene rings is 4. The molecule has 0 N–H and O–H groups in total. The molecule has 1 aliphatic carbocycles. The minimum absolute atomic E-state index is 1.09. The summed E-state index contributed by atoms with van der Waals surface area (Å²) >= 11 is 1.93. The molecule has 0 fully saturated rings. The zero-order valence-corrected chi connectivity index (χ0v) is 18.9. The first-order chi connectivity index (χ1) is 16.4. The van der Waals surface area contributed by atoms with Crippen LogP contribution < -0.4 is 0 Å². The normalized spacial score (nSPS) is 12.6. The minimum atomic E-state index is 1.09. The van der Waals surface area contributed by atoms with E-state index in [1.54, 1.807) is 0 Å². The van der Waals surface area contributed by atoms with Crippen molar-refractivity contribution in [1.82, 2.24) is 4.98 Å². The number of thiophene rings is 1. The van der Waals surface area contributed by atoms with Gasteiger partial charge in [0.25, 0.3) is 0 Å². The maximum absolute atomic E-state index is 4.93. The van der Waals surface area contributed by atoms with E-state index in [1.807, 2.05) is 17.5 Å². The lowest BCUT2D eigenvalue weighted by Gasteiger charge is -2.16. The van der Waals surface area contributed by atoms with E-state index in [4.69, 9.17) is 4.98 Å². The van der Waals surface area contributed by atoms with Gasteiger partial charge in [0, 0.05) is 27.6 Å². The Kier molecular flexibility index (Phi) is 4.21. The quantitative estimate of drug-likeness (QED) is 0.263. The van der Waals surface area contributed by atoms with Gasteiger partial charge in [-0.3, -0.25) is 4.98 Å². The summed E-state index contributed by atoms with van der Waals surface area (Å²) in [6, 6.07) is 35.1. The van der Waals surface area contributed by atoms with Gasteiger partial charge in [0.05, 0.1) is 10.4 Å². The first kappa shape index (κ1) is 18.8. The number of aromatic nitrogens is 1. The van der Waals surface area contributed by atoms with E-state index in [0.717, 1.165) is 18.5 Å². The average molecular weight is 440 g/mol. The molecule has 2 aromatic heterocycles. The van der Waals surface area contributed by atoms with Crippen molar-refractivity contribution >= 4 is 32.2 Å². The highest BCUT2D eigenvalue weighted by atomic mass is 32.1. The Hall–Kier alpha value is -3.75. The molecule has 156 valence electrons. The Morgan fingerprint density at radius 1 is 0.636 bits per heavy atom. The number of rotatable bonds is 2. The van der Waals surface area contributed by atoms with Crippen LogP contribution in [0.2, 0.25) is 0 Å². The average Bonchev–Trinajstić information content (AvgIpc) is 3.28. The molecule has 0 radical (unpaired) electrons. The zero-order valence-electron chi connectivity index (χ0n) is 18.1. The van der Waals surface area contributed by atoms with Crippen LogP contribution in [-0.4, -0.2) is 4.98 Å². The predicted molar refractivity (Wildman–Crippen MR) is 141 cm³/mol. The van der Waals surface area contributed by atoms with Crippen LogP contribution in [-0.2, 0) is 12.8 Å². The molecule has 0 bridgehead atoms. The molecule has 1 aliphatic rings. The molecule has 7 rings (SSSR count). The summed E-state index contributed by atoms with van der Waals surface area (Å²) in [5.41, 5.74) is 9.05. The van der Waals surface area contributed by atoms with Crippen LogP contribution in [0.5, 0.6) is 0 Å². The van der Waals surface area contributed by atoms with Crippen molar-refractivity contribution in [3.63, 3.8) is 0 Å². The van der Waals surface area contributed by atoms with Crippen molar-refractivity contribution < 1.29 is 0 Å². The number of hydrogen-bond acceptors (Lipinski definition) is 2. The fourth-order valence-corrected chi connectivity index (χ4v) is 6.60. The molecule has 4 aromatic carbocycles. The van der Waals surface area contributed by atoms with Crippen molar-refractivity contribution in [3.8, 4) is 33.5 Å². The van der Waals surface area contributed by atoms with E-state index in [1.165, 1.54) is 59.1 Å². The first-order valence-electron chi connectivity index (χ1n) is 11.4. The topological polar surface area (TPSA) is 12.9 Å². The summed E-state index contributed by atoms with van der Waals surface area (Å²) in [5.74, 6) is 0. The van der Waals surface area contributed by atoms with Crippen molar-refractivity contribution in [2.75, 3.05) is 0 Å². The standard InChI is InChI=1S/C31H21NS/c1-2-8-20(9-3-1)27-19-23(18-22-11-5-6-12-24(22)27)30-31-26(16-17-32-30)29-25-13-7-4-10-21(25)14-15-28(29)33-31/h1-13,16-19H,14-15H2. The summed E-state index contributed by atoms with van der Waals surface area (Å²) in [6.07, 6.45) is 4.21. The maximum atomic E-state index is 4.93. The fraction of sp³-hybridized carbons (Fsp3) is 0.0645. The van der Waals surface area contributed by atoms with Gasteiger partial charge in [0.2, 0.25) is 0 Å². The van der Waals surface area contributed by atoms with E-state index in [9.17, 15) is 0 Å². The Bertz CT molecular complexity index is 1660. The van der Waals surface area contributed by atoms with Crippen LogP contribution in [0.15, 0.2) is 103 Å². The number of aryl methyl sites for hydroxylation is 2. The Balaban J connectivity index is 1.51. The molecular weight excluding hydrogens is 418 g/mol. The smallest absolute Gasteiger partial charge is 0.0880 e. The van der Waals surface area contributed by atoms with Gasteiger partial charge in [-0.2, -0.15) is 0 Å². The fourth-order valence-electron chi connectivity index (χ4n) is 5.28. The third-order valence-corrected chi connectivity index (χ3v) is 8.08. The molecular formula is C31H21NS. The molecule has 0 saturated carbocycles. The Morgan fingerprint density at radius 3 is 2.39 bits per heavy atom. The van der Waals surface area contributed by atoms with Crippen molar-refractivity contribution in [1.29, 1.82) is 0 Å². The van der Waals surface area contributed by atoms with Gasteiger partial charge in [-0.05, 0) is 64.1 Å². The molecule has 2 heteroatoms. The highest BCUT2D eigenvalue weighted by Gasteiger charge is 2.23. The van der Waals surface area contributed by atoms with Gasteiger partial charge in [-0.25, -0.2) is 0 Å². The van der Waals surface area contributed by atoms with Crippen LogP contribution in [0.3, 0.4) is 0 Å². The van der Waals surface area contributed by atoms with E-state index >= 15 is 0 Å². The van der Waals surface area contributed by atoms with Crippen molar-refractivity contribution in [2.45, 2.75) is 12.8 Å². The van der Waals surface area contributed by atoms with Crippen LogP contribution in [0.1, 0.15) is 10.4 Å². The van der Waals surface area contributed by atoms with Gasteiger partial charge in [-0.1, -0.05) is 78.9 Å². The van der Waals surface area contributed by atoms with Gasteiger partial charge < -0.3 is 0 Å². The summed E-state index contributed by atoms with van der Waals surface area (Å²) in [7, 11) is 0. The molecule has 6 aromatic rings. The number of hydrogen-bond donors (Lipinski definition) is 0. The van der Waals surface area contributed by atoms with Gasteiger partial charge in [0.15, 0.2) is 0 Å². The molecule has 0 amide bonds. The number of nitrogens with zero attached hydrogens (tertiary/aromatic N) is 1. The van der Waals surface area contributed by atoms with Crippen molar-refractivity contribution in [3.05, 3.63) is 114 Å². The van der Waals surface area contributed by atoms with Gasteiger partial charge in [0.1, 0.15) is 0 Å². The van der Waals surface area contributed by atoms with E-state index in [-0.39, 0.29) is 0 Å². The highest BCUT2D eigenvalue weighted by Crippen LogP contribution is 2.46. The van der Waals surface area contributed by atoms with Gasteiger partial charge in [-0.15, -0.1) is 11.3 Å². The highest BCUT2D eigenvalue weighted by molar-refractivity contribution is 7.20. The monoisotopic (exact) mass is 439 g/mol. The molecule has 1 nitrogen and oxygen atoms in total. The lowest BCUT2D eigenvalue weighted by molar-refractivity contribution is 0.965. The number of pyridine rings is 1. The molecule has 0 spiro atoms. The first-order valence-corrected chi connectivity index (χ1v) is 12.3. The molecule has 2 heterocycles. The second-order valence-corrected chi connectivity index (χ2v) is 9.81. The maximum Gasteiger partial charge on any atom is 0.0880 e. The van der Waals surface area contributed by atoms with Crippen LogP contribution in [0.4, 0.5) is 0 Å². The third kappa shape index (κ3) is 2.95. The second-order valence-electron chi connectivity index (χ2n) is 8.70. The predicted octanol–water partition coefficient (Wildman–Crippen LogP) is 8.55. The summed E-state index contributed by atoms with van der Waals surface area (Å²) in [5, 5.41) is 3.86. The summed E-state index contributed by atoms with van der Waals surface area (Å²) in [4.78, 5) is 6.42. The van der Waals surface area contributed by atoms with E-state index in [2.05, 4.69) is 97.1 Å².